The summed E-state index contributed by atoms with van der Waals surface area (Å²) in [6.07, 6.45) is 0. The summed E-state index contributed by atoms with van der Waals surface area (Å²) in [6, 6.07) is 7.96. The van der Waals surface area contributed by atoms with Gasteiger partial charge in [-0.15, -0.1) is 0 Å². The summed E-state index contributed by atoms with van der Waals surface area (Å²) in [5.74, 6) is 0. The van der Waals surface area contributed by atoms with E-state index in [1.807, 2.05) is 24.3 Å². The molecule has 1 saturated heterocycles. The van der Waals surface area contributed by atoms with Gasteiger partial charge in [0.05, 0.1) is 26.3 Å². The van der Waals surface area contributed by atoms with Gasteiger partial charge in [0.25, 0.3) is 0 Å². The van der Waals surface area contributed by atoms with Gasteiger partial charge < -0.3 is 20.3 Å². The molecule has 1 aromatic rings. The van der Waals surface area contributed by atoms with Gasteiger partial charge in [0.15, 0.2) is 5.11 Å². The molecule has 104 valence electrons. The van der Waals surface area contributed by atoms with E-state index in [4.69, 9.17) is 17.0 Å². The van der Waals surface area contributed by atoms with Gasteiger partial charge in [-0.3, -0.25) is 0 Å². The van der Waals surface area contributed by atoms with Gasteiger partial charge in [0.1, 0.15) is 13.1 Å². The topological polar surface area (TPSA) is 37.7 Å². The molecule has 1 heterocycles. The summed E-state index contributed by atoms with van der Waals surface area (Å²) < 4.78 is 6.40. The van der Waals surface area contributed by atoms with Crippen molar-refractivity contribution in [3.8, 4) is 0 Å². The molecule has 0 saturated carbocycles. The highest BCUT2D eigenvalue weighted by Crippen LogP contribution is 2.13. The number of hydrogen-bond acceptors (Lipinski definition) is 2. The van der Waals surface area contributed by atoms with Crippen molar-refractivity contribution in [2.45, 2.75) is 0 Å². The van der Waals surface area contributed by atoms with Crippen molar-refractivity contribution in [2.75, 3.05) is 44.7 Å². The highest BCUT2D eigenvalue weighted by atomic mass is 79.9. The Hall–Kier alpha value is -0.690. The normalized spacial score (nSPS) is 16.1. The zero-order valence-electron chi connectivity index (χ0n) is 10.7. The SMILES string of the molecule is S=C(NCC[NH+]1CCOCC1)Nc1ccc(Br)cc1. The molecule has 1 aromatic carbocycles. The lowest BCUT2D eigenvalue weighted by Crippen LogP contribution is -3.14. The fraction of sp³-hybridized carbons (Fsp3) is 0.462. The quantitative estimate of drug-likeness (QED) is 0.701. The summed E-state index contributed by atoms with van der Waals surface area (Å²) in [4.78, 5) is 1.57. The predicted molar refractivity (Wildman–Crippen MR) is 84.7 cm³/mol. The van der Waals surface area contributed by atoms with Crippen molar-refractivity contribution in [3.05, 3.63) is 28.7 Å². The van der Waals surface area contributed by atoms with Crippen LogP contribution < -0.4 is 15.5 Å². The lowest BCUT2D eigenvalue weighted by molar-refractivity contribution is -0.906. The van der Waals surface area contributed by atoms with Crippen LogP contribution in [0.15, 0.2) is 28.7 Å². The zero-order chi connectivity index (χ0) is 13.5. The number of hydrogen-bond donors (Lipinski definition) is 3. The van der Waals surface area contributed by atoms with E-state index in [-0.39, 0.29) is 0 Å². The monoisotopic (exact) mass is 344 g/mol. The van der Waals surface area contributed by atoms with E-state index in [1.54, 1.807) is 4.90 Å². The number of halogens is 1. The molecule has 1 aliphatic heterocycles. The van der Waals surface area contributed by atoms with Crippen LogP contribution in [0.5, 0.6) is 0 Å². The van der Waals surface area contributed by atoms with Crippen LogP contribution in [0.1, 0.15) is 0 Å². The first-order valence-corrected chi connectivity index (χ1v) is 7.66. The lowest BCUT2D eigenvalue weighted by atomic mass is 10.3. The molecule has 0 amide bonds. The van der Waals surface area contributed by atoms with Gasteiger partial charge in [-0.1, -0.05) is 15.9 Å². The molecule has 3 N–H and O–H groups in total. The second-order valence-electron chi connectivity index (χ2n) is 4.50. The second-order valence-corrected chi connectivity index (χ2v) is 5.82. The van der Waals surface area contributed by atoms with Crippen molar-refractivity contribution >= 4 is 38.9 Å². The molecule has 0 unspecified atom stereocenters. The molecule has 6 heteroatoms. The minimum Gasteiger partial charge on any atom is -0.370 e. The van der Waals surface area contributed by atoms with E-state index in [1.165, 1.54) is 0 Å². The number of morpholine rings is 1. The van der Waals surface area contributed by atoms with E-state index in [0.29, 0.717) is 5.11 Å². The highest BCUT2D eigenvalue weighted by Gasteiger charge is 2.12. The van der Waals surface area contributed by atoms with Crippen molar-refractivity contribution in [2.24, 2.45) is 0 Å². The Balaban J connectivity index is 1.65. The van der Waals surface area contributed by atoms with Crippen LogP contribution in [0, 0.1) is 0 Å². The Labute approximate surface area is 127 Å². The maximum atomic E-state index is 5.33. The minimum absolute atomic E-state index is 0.676. The average molecular weight is 345 g/mol. The predicted octanol–water partition coefficient (Wildman–Crippen LogP) is 0.651. The van der Waals surface area contributed by atoms with Gasteiger partial charge >= 0.3 is 0 Å². The van der Waals surface area contributed by atoms with Crippen molar-refractivity contribution in [1.82, 2.24) is 5.32 Å². The summed E-state index contributed by atoms with van der Waals surface area (Å²) >= 11 is 8.68. The number of rotatable bonds is 4. The van der Waals surface area contributed by atoms with Crippen LogP contribution in [0.3, 0.4) is 0 Å². The average Bonchev–Trinajstić information content (AvgIpc) is 2.43. The van der Waals surface area contributed by atoms with Gasteiger partial charge in [0, 0.05) is 10.2 Å². The van der Waals surface area contributed by atoms with Crippen molar-refractivity contribution in [3.63, 3.8) is 0 Å². The number of ether oxygens (including phenoxy) is 1. The molecule has 0 aromatic heterocycles. The molecule has 0 bridgehead atoms. The molecule has 19 heavy (non-hydrogen) atoms. The van der Waals surface area contributed by atoms with Crippen LogP contribution in [0.2, 0.25) is 0 Å². The van der Waals surface area contributed by atoms with Crippen LogP contribution >= 0.6 is 28.1 Å². The maximum Gasteiger partial charge on any atom is 0.170 e. The van der Waals surface area contributed by atoms with E-state index in [0.717, 1.165) is 49.6 Å². The van der Waals surface area contributed by atoms with Crippen LogP contribution in [-0.2, 0) is 4.74 Å². The van der Waals surface area contributed by atoms with Crippen LogP contribution in [-0.4, -0.2) is 44.5 Å². The number of quaternary nitrogens is 1. The molecule has 0 aliphatic carbocycles. The molecular formula is C13H19BrN3OS+. The fourth-order valence-electron chi connectivity index (χ4n) is 1.97. The fourth-order valence-corrected chi connectivity index (χ4v) is 2.46. The largest absolute Gasteiger partial charge is 0.370 e. The van der Waals surface area contributed by atoms with Gasteiger partial charge in [-0.2, -0.15) is 0 Å². The minimum atomic E-state index is 0.676. The number of thiocarbonyl (C=S) groups is 1. The molecule has 2 rings (SSSR count). The first kappa shape index (κ1) is 14.7. The number of nitrogens with one attached hydrogen (secondary N) is 3. The zero-order valence-corrected chi connectivity index (χ0v) is 13.1. The molecule has 1 fully saturated rings. The van der Waals surface area contributed by atoms with E-state index in [2.05, 4.69) is 26.6 Å². The molecule has 0 atom stereocenters. The smallest absolute Gasteiger partial charge is 0.170 e. The standard InChI is InChI=1S/C13H18BrN3OS/c14-11-1-3-12(4-2-11)16-13(19)15-5-6-17-7-9-18-10-8-17/h1-4H,5-10H2,(H2,15,16,19)/p+1. The maximum absolute atomic E-state index is 5.33. The molecular weight excluding hydrogens is 326 g/mol. The summed E-state index contributed by atoms with van der Waals surface area (Å²) in [7, 11) is 0. The van der Waals surface area contributed by atoms with Gasteiger partial charge in [-0.25, -0.2) is 0 Å². The van der Waals surface area contributed by atoms with Crippen LogP contribution in [0.4, 0.5) is 5.69 Å². The Morgan fingerprint density at radius 2 is 1.95 bits per heavy atom. The molecule has 0 radical (unpaired) electrons. The Morgan fingerprint density at radius 3 is 2.63 bits per heavy atom. The summed E-state index contributed by atoms with van der Waals surface area (Å²) in [6.45, 7) is 5.89. The Kier molecular flexibility index (Phi) is 6.03. The van der Waals surface area contributed by atoms with E-state index >= 15 is 0 Å². The number of benzene rings is 1. The first-order valence-electron chi connectivity index (χ1n) is 6.46. The first-order chi connectivity index (χ1) is 9.24. The number of anilines is 1. The second kappa shape index (κ2) is 7.79. The van der Waals surface area contributed by atoms with Gasteiger partial charge in [-0.05, 0) is 36.5 Å². The summed E-state index contributed by atoms with van der Waals surface area (Å²) in [5, 5.41) is 7.09. The third kappa shape index (κ3) is 5.44. The summed E-state index contributed by atoms with van der Waals surface area (Å²) in [5.41, 5.74) is 0.999. The van der Waals surface area contributed by atoms with Gasteiger partial charge in [0.2, 0.25) is 0 Å². The van der Waals surface area contributed by atoms with Crippen molar-refractivity contribution in [1.29, 1.82) is 0 Å². The molecule has 4 nitrogen and oxygen atoms in total. The lowest BCUT2D eigenvalue weighted by Gasteiger charge is -2.24. The Bertz CT molecular complexity index is 407. The molecule has 0 spiro atoms. The third-order valence-corrected chi connectivity index (χ3v) is 3.84. The third-order valence-electron chi connectivity index (χ3n) is 3.07. The Morgan fingerprint density at radius 1 is 1.26 bits per heavy atom. The molecule has 1 aliphatic rings. The van der Waals surface area contributed by atoms with E-state index < -0.39 is 0 Å². The van der Waals surface area contributed by atoms with Crippen molar-refractivity contribution < 1.29 is 9.64 Å². The van der Waals surface area contributed by atoms with Crippen LogP contribution in [0.25, 0.3) is 0 Å². The highest BCUT2D eigenvalue weighted by molar-refractivity contribution is 9.10. The van der Waals surface area contributed by atoms with E-state index in [9.17, 15) is 0 Å².